The molecule has 3 heterocycles. The molecule has 0 unspecified atom stereocenters. The fourth-order valence-corrected chi connectivity index (χ4v) is 5.09. The Balaban J connectivity index is 1.50. The normalized spacial score (nSPS) is 15.8. The number of furan rings is 1. The van der Waals surface area contributed by atoms with E-state index in [9.17, 15) is 14.9 Å². The van der Waals surface area contributed by atoms with E-state index in [1.165, 1.54) is 23.9 Å². The van der Waals surface area contributed by atoms with Gasteiger partial charge in [-0.25, -0.2) is 4.99 Å². The van der Waals surface area contributed by atoms with Gasteiger partial charge in [0.05, 0.1) is 28.3 Å². The van der Waals surface area contributed by atoms with E-state index < -0.39 is 4.92 Å². The van der Waals surface area contributed by atoms with E-state index in [2.05, 4.69) is 0 Å². The maximum absolute atomic E-state index is 13.5. The molecule has 0 atom stereocenters. The lowest BCUT2D eigenvalue weighted by Crippen LogP contribution is -2.28. The summed E-state index contributed by atoms with van der Waals surface area (Å²) in [5.74, 6) is 0.522. The number of aromatic nitrogens is 1. The fourth-order valence-electron chi connectivity index (χ4n) is 4.10. The van der Waals surface area contributed by atoms with E-state index >= 15 is 0 Å². The SMILES string of the molecule is Cc1cc(/C=C2/SC(=Nc3ccccc3)N(Cc3ccco3)C2=O)c(C)n1-c1ccc([N+](=O)[O-])cc1. The van der Waals surface area contributed by atoms with Gasteiger partial charge in [-0.15, -0.1) is 0 Å². The van der Waals surface area contributed by atoms with Crippen LogP contribution in [-0.2, 0) is 11.3 Å². The van der Waals surface area contributed by atoms with E-state index in [1.807, 2.05) is 67.0 Å². The van der Waals surface area contributed by atoms with Crippen molar-refractivity contribution in [2.45, 2.75) is 20.4 Å². The van der Waals surface area contributed by atoms with Crippen molar-refractivity contribution in [1.82, 2.24) is 9.47 Å². The monoisotopic (exact) mass is 498 g/mol. The minimum Gasteiger partial charge on any atom is -0.467 e. The van der Waals surface area contributed by atoms with Gasteiger partial charge in [-0.05, 0) is 79.7 Å². The Morgan fingerprint density at radius 3 is 2.47 bits per heavy atom. The van der Waals surface area contributed by atoms with Crippen LogP contribution < -0.4 is 0 Å². The molecule has 36 heavy (non-hydrogen) atoms. The van der Waals surface area contributed by atoms with Crippen molar-refractivity contribution in [2.75, 3.05) is 0 Å². The van der Waals surface area contributed by atoms with Crippen LogP contribution >= 0.6 is 11.8 Å². The third-order valence-corrected chi connectivity index (χ3v) is 6.85. The first kappa shape index (κ1) is 23.4. The number of para-hydroxylation sites is 1. The summed E-state index contributed by atoms with van der Waals surface area (Å²) in [6.45, 7) is 4.21. The predicted octanol–water partition coefficient (Wildman–Crippen LogP) is 6.40. The van der Waals surface area contributed by atoms with Crippen molar-refractivity contribution in [2.24, 2.45) is 4.99 Å². The van der Waals surface area contributed by atoms with E-state index in [0.717, 1.165) is 28.3 Å². The summed E-state index contributed by atoms with van der Waals surface area (Å²) in [5.41, 5.74) is 4.38. The topological polar surface area (TPSA) is 93.9 Å². The van der Waals surface area contributed by atoms with Gasteiger partial charge in [0.15, 0.2) is 5.17 Å². The molecule has 1 fully saturated rings. The Morgan fingerprint density at radius 1 is 1.06 bits per heavy atom. The average molecular weight is 499 g/mol. The Bertz CT molecular complexity index is 1490. The van der Waals surface area contributed by atoms with Gasteiger partial charge < -0.3 is 8.98 Å². The zero-order valence-corrected chi connectivity index (χ0v) is 20.4. The molecule has 5 rings (SSSR count). The highest BCUT2D eigenvalue weighted by Gasteiger charge is 2.34. The summed E-state index contributed by atoms with van der Waals surface area (Å²) in [6, 6.07) is 21.6. The zero-order valence-electron chi connectivity index (χ0n) is 19.6. The zero-order chi connectivity index (χ0) is 25.2. The summed E-state index contributed by atoms with van der Waals surface area (Å²) in [7, 11) is 0. The summed E-state index contributed by atoms with van der Waals surface area (Å²) < 4.78 is 7.50. The molecule has 4 aromatic rings. The highest BCUT2D eigenvalue weighted by Crippen LogP contribution is 2.36. The number of hydrogen-bond acceptors (Lipinski definition) is 6. The fraction of sp³-hybridized carbons (Fsp3) is 0.111. The van der Waals surface area contributed by atoms with Crippen LogP contribution in [0, 0.1) is 24.0 Å². The minimum absolute atomic E-state index is 0.0402. The molecule has 1 amide bonds. The molecule has 0 aliphatic carbocycles. The summed E-state index contributed by atoms with van der Waals surface area (Å²) in [5, 5.41) is 11.6. The number of benzene rings is 2. The Labute approximate surface area is 211 Å². The number of carbonyl (C=O) groups excluding carboxylic acids is 1. The number of nitro benzene ring substituents is 1. The molecule has 0 saturated carbocycles. The molecule has 8 nitrogen and oxygen atoms in total. The van der Waals surface area contributed by atoms with Gasteiger partial charge >= 0.3 is 0 Å². The van der Waals surface area contributed by atoms with Gasteiger partial charge in [-0.2, -0.15) is 0 Å². The number of rotatable bonds is 6. The minimum atomic E-state index is -0.416. The molecule has 0 spiro atoms. The van der Waals surface area contributed by atoms with Gasteiger partial charge in [0.25, 0.3) is 11.6 Å². The third kappa shape index (κ3) is 4.60. The second kappa shape index (κ2) is 9.71. The van der Waals surface area contributed by atoms with Crippen LogP contribution in [-0.4, -0.2) is 25.5 Å². The molecule has 180 valence electrons. The number of nitro groups is 1. The Kier molecular flexibility index (Phi) is 6.30. The molecular weight excluding hydrogens is 476 g/mol. The molecule has 0 N–H and O–H groups in total. The third-order valence-electron chi connectivity index (χ3n) is 5.84. The lowest BCUT2D eigenvalue weighted by molar-refractivity contribution is -0.384. The summed E-state index contributed by atoms with van der Waals surface area (Å²) in [6.07, 6.45) is 3.46. The largest absolute Gasteiger partial charge is 0.467 e. The van der Waals surface area contributed by atoms with Crippen molar-refractivity contribution in [3.8, 4) is 5.69 Å². The molecule has 0 radical (unpaired) electrons. The van der Waals surface area contributed by atoms with Gasteiger partial charge in [0.1, 0.15) is 5.76 Å². The van der Waals surface area contributed by atoms with Crippen LogP contribution in [0.25, 0.3) is 11.8 Å². The van der Waals surface area contributed by atoms with Crippen molar-refractivity contribution < 1.29 is 14.1 Å². The second-order valence-corrected chi connectivity index (χ2v) is 9.26. The van der Waals surface area contributed by atoms with Crippen LogP contribution in [0.1, 0.15) is 22.7 Å². The number of aliphatic imine (C=N–C) groups is 1. The Hall–Kier alpha value is -4.37. The number of nitrogens with zero attached hydrogens (tertiary/aromatic N) is 4. The second-order valence-electron chi connectivity index (χ2n) is 8.25. The van der Waals surface area contributed by atoms with Crippen LogP contribution in [0.2, 0.25) is 0 Å². The van der Waals surface area contributed by atoms with Gasteiger partial charge in [-0.3, -0.25) is 19.8 Å². The van der Waals surface area contributed by atoms with Crippen molar-refractivity contribution >= 4 is 40.3 Å². The highest BCUT2D eigenvalue weighted by atomic mass is 32.2. The lowest BCUT2D eigenvalue weighted by Gasteiger charge is -2.13. The molecule has 1 aliphatic rings. The van der Waals surface area contributed by atoms with Crippen molar-refractivity contribution in [1.29, 1.82) is 0 Å². The van der Waals surface area contributed by atoms with Gasteiger partial charge in [0, 0.05) is 29.2 Å². The van der Waals surface area contributed by atoms with Gasteiger partial charge in [-0.1, -0.05) is 18.2 Å². The van der Waals surface area contributed by atoms with Crippen LogP contribution in [0.3, 0.4) is 0 Å². The lowest BCUT2D eigenvalue weighted by atomic mass is 10.2. The molecule has 1 aliphatic heterocycles. The predicted molar refractivity (Wildman–Crippen MR) is 140 cm³/mol. The smallest absolute Gasteiger partial charge is 0.269 e. The Morgan fingerprint density at radius 2 is 1.81 bits per heavy atom. The molecule has 2 aromatic carbocycles. The first-order valence-electron chi connectivity index (χ1n) is 11.2. The number of non-ortho nitro benzene ring substituents is 1. The maximum Gasteiger partial charge on any atom is 0.269 e. The van der Waals surface area contributed by atoms with Gasteiger partial charge in [0.2, 0.25) is 0 Å². The number of carbonyl (C=O) groups is 1. The summed E-state index contributed by atoms with van der Waals surface area (Å²) >= 11 is 1.32. The van der Waals surface area contributed by atoms with E-state index in [1.54, 1.807) is 29.4 Å². The molecule has 0 bridgehead atoms. The highest BCUT2D eigenvalue weighted by molar-refractivity contribution is 8.18. The van der Waals surface area contributed by atoms with E-state index in [-0.39, 0.29) is 18.1 Å². The van der Waals surface area contributed by atoms with Crippen LogP contribution in [0.4, 0.5) is 11.4 Å². The first-order valence-corrected chi connectivity index (χ1v) is 12.0. The molecule has 9 heteroatoms. The van der Waals surface area contributed by atoms with Crippen molar-refractivity contribution in [3.05, 3.63) is 117 Å². The summed E-state index contributed by atoms with van der Waals surface area (Å²) in [4.78, 5) is 31.0. The number of thioether (sulfide) groups is 1. The standard InChI is InChI=1S/C27H22N4O4S/c1-18-15-20(19(2)30(18)22-10-12-23(13-11-22)31(33)34)16-25-26(32)29(17-24-9-6-14-35-24)27(36-25)28-21-7-4-3-5-8-21/h3-16H,17H2,1-2H3/b25-16+,28-27?. The molecule has 2 aromatic heterocycles. The number of hydrogen-bond donors (Lipinski definition) is 0. The number of amidine groups is 1. The van der Waals surface area contributed by atoms with Crippen LogP contribution in [0.5, 0.6) is 0 Å². The quantitative estimate of drug-likeness (QED) is 0.174. The maximum atomic E-state index is 13.5. The van der Waals surface area contributed by atoms with E-state index in [0.29, 0.717) is 15.8 Å². The average Bonchev–Trinajstić information content (AvgIpc) is 3.56. The number of amides is 1. The first-order chi connectivity index (χ1) is 17.4. The van der Waals surface area contributed by atoms with Crippen LogP contribution in [0.15, 0.2) is 93.4 Å². The number of aryl methyl sites for hydroxylation is 1. The molecule has 1 saturated heterocycles. The van der Waals surface area contributed by atoms with E-state index in [4.69, 9.17) is 9.41 Å². The van der Waals surface area contributed by atoms with Crippen molar-refractivity contribution in [3.63, 3.8) is 0 Å². The molecular formula is C27H22N4O4S.